The highest BCUT2D eigenvalue weighted by Crippen LogP contribution is 2.60. The van der Waals surface area contributed by atoms with Gasteiger partial charge in [0.1, 0.15) is 6.04 Å². The summed E-state index contributed by atoms with van der Waals surface area (Å²) in [6, 6.07) is 21.3. The van der Waals surface area contributed by atoms with Crippen LogP contribution in [-0.4, -0.2) is 14.8 Å². The molecule has 28 heavy (non-hydrogen) atoms. The van der Waals surface area contributed by atoms with E-state index in [0.29, 0.717) is 11.8 Å². The molecule has 2 aliphatic heterocycles. The van der Waals surface area contributed by atoms with Crippen molar-refractivity contribution in [1.82, 2.24) is 4.31 Å². The van der Waals surface area contributed by atoms with Crippen LogP contribution in [0, 0.1) is 11.8 Å². The Hall–Kier alpha value is -2.30. The zero-order valence-corrected chi connectivity index (χ0v) is 16.5. The zero-order chi connectivity index (χ0) is 19.0. The highest BCUT2D eigenvalue weighted by Gasteiger charge is 2.61. The van der Waals surface area contributed by atoms with Crippen molar-refractivity contribution in [2.45, 2.75) is 31.1 Å². The molecule has 1 amide bonds. The molecule has 0 radical (unpaired) electrons. The molecule has 3 aromatic rings. The van der Waals surface area contributed by atoms with Gasteiger partial charge in [0.2, 0.25) is 0 Å². The van der Waals surface area contributed by atoms with Crippen LogP contribution < -0.4 is 0 Å². The van der Waals surface area contributed by atoms with E-state index in [1.165, 1.54) is 33.0 Å². The molecule has 0 aromatic heterocycles. The second-order valence-electron chi connectivity index (χ2n) is 8.32. The van der Waals surface area contributed by atoms with Crippen LogP contribution >= 0.6 is 0 Å². The summed E-state index contributed by atoms with van der Waals surface area (Å²) >= 11 is -1.31. The van der Waals surface area contributed by atoms with Gasteiger partial charge in [0.05, 0.1) is 11.4 Å². The van der Waals surface area contributed by atoms with E-state index in [9.17, 15) is 9.35 Å². The molecular weight excluding hydrogens is 366 g/mol. The lowest BCUT2D eigenvalue weighted by atomic mass is 9.64. The largest absolute Gasteiger partial charge is 0.592 e. The molecule has 0 spiro atoms. The fourth-order valence-corrected chi connectivity index (χ4v) is 7.81. The minimum absolute atomic E-state index is 0.0792. The van der Waals surface area contributed by atoms with Crippen LogP contribution in [0.25, 0.3) is 10.8 Å². The number of amides is 1. The summed E-state index contributed by atoms with van der Waals surface area (Å²) in [6.07, 6.45) is 1.90. The Labute approximate surface area is 167 Å². The smallest absolute Gasteiger partial charge is 0.261 e. The van der Waals surface area contributed by atoms with E-state index < -0.39 is 11.4 Å². The number of benzene rings is 3. The molecule has 1 fully saturated rings. The molecule has 5 atom stereocenters. The van der Waals surface area contributed by atoms with Gasteiger partial charge in [-0.05, 0) is 52.4 Å². The predicted molar refractivity (Wildman–Crippen MR) is 111 cm³/mol. The van der Waals surface area contributed by atoms with Crippen LogP contribution in [0.1, 0.15) is 40.5 Å². The lowest BCUT2D eigenvalue weighted by molar-refractivity contribution is -0.128. The maximum absolute atomic E-state index is 13.5. The van der Waals surface area contributed by atoms with Gasteiger partial charge in [-0.1, -0.05) is 48.5 Å². The second-order valence-corrected chi connectivity index (χ2v) is 9.77. The maximum Gasteiger partial charge on any atom is 0.261 e. The molecule has 2 aliphatic carbocycles. The van der Waals surface area contributed by atoms with Gasteiger partial charge in [-0.2, -0.15) is 4.31 Å². The van der Waals surface area contributed by atoms with Crippen molar-refractivity contribution in [2.75, 3.05) is 0 Å². The van der Waals surface area contributed by atoms with Crippen molar-refractivity contribution < 1.29 is 9.35 Å². The van der Waals surface area contributed by atoms with Crippen molar-refractivity contribution in [3.05, 3.63) is 82.9 Å². The van der Waals surface area contributed by atoms with Crippen molar-refractivity contribution in [1.29, 1.82) is 0 Å². The van der Waals surface area contributed by atoms with E-state index in [1.54, 1.807) is 11.2 Å². The quantitative estimate of drug-likeness (QED) is 0.533. The van der Waals surface area contributed by atoms with E-state index in [2.05, 4.69) is 54.6 Å². The van der Waals surface area contributed by atoms with Crippen LogP contribution in [0.4, 0.5) is 0 Å². The van der Waals surface area contributed by atoms with E-state index in [1.807, 2.05) is 6.07 Å². The Morgan fingerprint density at radius 3 is 2.14 bits per heavy atom. The van der Waals surface area contributed by atoms with Gasteiger partial charge in [-0.15, -0.1) is 0 Å². The Bertz CT molecular complexity index is 1130. The fourth-order valence-electron chi connectivity index (χ4n) is 5.80. The number of hydrogen-bond acceptors (Lipinski definition) is 2. The summed E-state index contributed by atoms with van der Waals surface area (Å²) in [4.78, 5) is 12.5. The summed E-state index contributed by atoms with van der Waals surface area (Å²) in [5, 5.41) is 2.27. The molecule has 140 valence electrons. The lowest BCUT2D eigenvalue weighted by Crippen LogP contribution is -2.58. The number of nitrogens with zero attached hydrogens (tertiary/aromatic N) is 1. The minimum atomic E-state index is -1.31. The molecule has 0 saturated carbocycles. The molecule has 4 aliphatic rings. The van der Waals surface area contributed by atoms with Crippen LogP contribution in [0.3, 0.4) is 0 Å². The Morgan fingerprint density at radius 1 is 0.929 bits per heavy atom. The van der Waals surface area contributed by atoms with Crippen molar-refractivity contribution in [2.24, 2.45) is 11.8 Å². The third kappa shape index (κ3) is 2.13. The van der Waals surface area contributed by atoms with Gasteiger partial charge in [0.15, 0.2) is 5.25 Å². The first-order valence-corrected chi connectivity index (χ1v) is 11.1. The minimum Gasteiger partial charge on any atom is -0.592 e. The van der Waals surface area contributed by atoms with Gasteiger partial charge in [0, 0.05) is 24.3 Å². The van der Waals surface area contributed by atoms with E-state index in [-0.39, 0.29) is 17.2 Å². The summed E-state index contributed by atoms with van der Waals surface area (Å²) < 4.78 is 15.2. The third-order valence-electron chi connectivity index (χ3n) is 6.92. The van der Waals surface area contributed by atoms with E-state index >= 15 is 0 Å². The normalized spacial score (nSPS) is 29.9. The average Bonchev–Trinajstić information content (AvgIpc) is 2.70. The van der Waals surface area contributed by atoms with Gasteiger partial charge < -0.3 is 4.55 Å². The monoisotopic (exact) mass is 387 g/mol. The van der Waals surface area contributed by atoms with Gasteiger partial charge >= 0.3 is 0 Å². The summed E-state index contributed by atoms with van der Waals surface area (Å²) in [5.74, 6) is 0.574. The lowest BCUT2D eigenvalue weighted by Gasteiger charge is -2.55. The van der Waals surface area contributed by atoms with Crippen LogP contribution in [0.5, 0.6) is 0 Å². The van der Waals surface area contributed by atoms with Crippen LogP contribution in [-0.2, 0) is 29.0 Å². The van der Waals surface area contributed by atoms with E-state index in [0.717, 1.165) is 12.8 Å². The fraction of sp³-hybridized carbons (Fsp3) is 0.292. The molecule has 3 aromatic carbocycles. The van der Waals surface area contributed by atoms with Crippen molar-refractivity contribution >= 4 is 28.0 Å². The van der Waals surface area contributed by atoms with Crippen molar-refractivity contribution in [3.63, 3.8) is 0 Å². The average molecular weight is 388 g/mol. The summed E-state index contributed by atoms with van der Waals surface area (Å²) in [5.41, 5.74) is 5.16. The molecule has 2 heterocycles. The van der Waals surface area contributed by atoms with Crippen LogP contribution in [0.15, 0.2) is 60.7 Å². The Kier molecular flexibility index (Phi) is 3.48. The molecule has 5 unspecified atom stereocenters. The maximum atomic E-state index is 13.5. The van der Waals surface area contributed by atoms with Crippen LogP contribution in [0.2, 0.25) is 0 Å². The number of carbonyl (C=O) groups excluding carboxylic acids is 1. The molecular formula is C24H21NO2S. The predicted octanol–water partition coefficient (Wildman–Crippen LogP) is 4.49. The molecule has 4 heteroatoms. The summed E-state index contributed by atoms with van der Waals surface area (Å²) in [6.45, 7) is 1.56. The van der Waals surface area contributed by atoms with Gasteiger partial charge in [-0.25, -0.2) is 0 Å². The zero-order valence-electron chi connectivity index (χ0n) is 15.7. The first-order chi connectivity index (χ1) is 13.6. The molecule has 2 bridgehead atoms. The molecule has 0 N–H and O–H groups in total. The Balaban J connectivity index is 1.59. The molecule has 7 rings (SSSR count). The highest BCUT2D eigenvalue weighted by molar-refractivity contribution is 7.90. The number of carbonyl (C=O) groups is 1. The number of rotatable bonds is 0. The number of fused-ring (bicyclic) bond motifs is 3. The third-order valence-corrected chi connectivity index (χ3v) is 8.83. The first kappa shape index (κ1) is 16.6. The molecule has 1 saturated heterocycles. The standard InChI is InChI=1S/C24H21NO2S/c1-14(26)25-23-19-10-15-6-2-4-8-17(15)12-21(19)24(28(25)27)22-13-18-9-5-3-7-16(18)11-20(22)23/h2-10,12,20,22-24H,11,13H2,1H3. The summed E-state index contributed by atoms with van der Waals surface area (Å²) in [7, 11) is 0. The van der Waals surface area contributed by atoms with Crippen molar-refractivity contribution in [3.8, 4) is 0 Å². The second kappa shape index (κ2) is 5.85. The Morgan fingerprint density at radius 2 is 1.50 bits per heavy atom. The SMILES string of the molecule is CC(=O)N1C2c3cc4ccccc4cc3C(C3Cc4ccccc4CC32)[S+]1[O-]. The van der Waals surface area contributed by atoms with Gasteiger partial charge in [0.25, 0.3) is 5.91 Å². The highest BCUT2D eigenvalue weighted by atomic mass is 32.2. The molecule has 3 nitrogen and oxygen atoms in total. The van der Waals surface area contributed by atoms with Gasteiger partial charge in [-0.3, -0.25) is 4.79 Å². The first-order valence-electron chi connectivity index (χ1n) is 9.93. The van der Waals surface area contributed by atoms with E-state index in [4.69, 9.17) is 0 Å². The topological polar surface area (TPSA) is 43.4 Å². The number of hydrogen-bond donors (Lipinski definition) is 0.